The molecule has 1 saturated carbocycles. The lowest BCUT2D eigenvalue weighted by molar-refractivity contribution is -0.122. The van der Waals surface area contributed by atoms with Gasteiger partial charge in [-0.15, -0.1) is 0 Å². The highest BCUT2D eigenvalue weighted by molar-refractivity contribution is 7.91. The molecule has 1 saturated heterocycles. The van der Waals surface area contributed by atoms with Gasteiger partial charge in [0.15, 0.2) is 9.84 Å². The summed E-state index contributed by atoms with van der Waals surface area (Å²) in [6.45, 7) is 0.485. The lowest BCUT2D eigenvalue weighted by Gasteiger charge is -2.09. The third-order valence-electron chi connectivity index (χ3n) is 5.22. The van der Waals surface area contributed by atoms with Gasteiger partial charge in [0.25, 0.3) is 0 Å². The molecule has 1 heterocycles. The molecule has 126 valence electrons. The van der Waals surface area contributed by atoms with Gasteiger partial charge < -0.3 is 5.32 Å². The van der Waals surface area contributed by atoms with Crippen LogP contribution >= 0.6 is 0 Å². The zero-order chi connectivity index (χ0) is 16.7. The normalized spacial score (nSPS) is 27.9. The number of hydrogen-bond acceptors (Lipinski definition) is 3. The summed E-state index contributed by atoms with van der Waals surface area (Å²) in [4.78, 5) is 12.3. The Morgan fingerprint density at radius 3 is 2.67 bits per heavy atom. The number of benzene rings is 2. The number of sulfone groups is 1. The Bertz CT molecular complexity index is 890. The van der Waals surface area contributed by atoms with E-state index in [0.717, 1.165) is 6.42 Å². The quantitative estimate of drug-likeness (QED) is 0.928. The largest absolute Gasteiger partial charge is 0.356 e. The maximum absolute atomic E-state index is 12.3. The van der Waals surface area contributed by atoms with Crippen molar-refractivity contribution in [3.05, 3.63) is 48.0 Å². The Hall–Kier alpha value is -1.88. The molecule has 1 aliphatic heterocycles. The van der Waals surface area contributed by atoms with Gasteiger partial charge in [0, 0.05) is 12.5 Å². The van der Waals surface area contributed by atoms with Crippen molar-refractivity contribution in [2.45, 2.75) is 18.8 Å². The molecule has 3 atom stereocenters. The second-order valence-electron chi connectivity index (χ2n) is 7.07. The fraction of sp³-hybridized carbons (Fsp3) is 0.421. The number of carbonyl (C=O) groups excluding carboxylic acids is 1. The number of hydrogen-bond donors (Lipinski definition) is 1. The van der Waals surface area contributed by atoms with E-state index in [1.807, 2.05) is 12.1 Å². The van der Waals surface area contributed by atoms with Crippen molar-refractivity contribution in [2.75, 3.05) is 18.1 Å². The van der Waals surface area contributed by atoms with Gasteiger partial charge in [-0.05, 0) is 41.0 Å². The molecule has 2 aliphatic rings. The van der Waals surface area contributed by atoms with Gasteiger partial charge in [0.05, 0.1) is 11.5 Å². The minimum atomic E-state index is -2.87. The molecule has 0 radical (unpaired) electrons. The average molecular weight is 343 g/mol. The first-order chi connectivity index (χ1) is 11.5. The fourth-order valence-corrected chi connectivity index (χ4v) is 5.56. The molecule has 0 unspecified atom stereocenters. The Labute approximate surface area is 142 Å². The Balaban J connectivity index is 1.36. The molecule has 2 aromatic rings. The van der Waals surface area contributed by atoms with Gasteiger partial charge in [0.1, 0.15) is 0 Å². The first-order valence-corrected chi connectivity index (χ1v) is 10.3. The van der Waals surface area contributed by atoms with E-state index >= 15 is 0 Å². The van der Waals surface area contributed by atoms with Crippen LogP contribution in [0, 0.1) is 11.8 Å². The molecule has 1 aliphatic carbocycles. The van der Waals surface area contributed by atoms with Crippen LogP contribution in [0.25, 0.3) is 10.8 Å². The summed E-state index contributed by atoms with van der Waals surface area (Å²) in [7, 11) is -2.87. The molecule has 0 spiro atoms. The highest BCUT2D eigenvalue weighted by Gasteiger charge is 2.44. The van der Waals surface area contributed by atoms with Crippen molar-refractivity contribution in [1.82, 2.24) is 5.32 Å². The maximum Gasteiger partial charge on any atom is 0.223 e. The number of carbonyl (C=O) groups is 1. The van der Waals surface area contributed by atoms with Crippen LogP contribution in [0.5, 0.6) is 0 Å². The van der Waals surface area contributed by atoms with Crippen LogP contribution in [0.3, 0.4) is 0 Å². The molecule has 2 aromatic carbocycles. The van der Waals surface area contributed by atoms with Gasteiger partial charge in [-0.3, -0.25) is 4.79 Å². The van der Waals surface area contributed by atoms with Crippen molar-refractivity contribution < 1.29 is 13.2 Å². The van der Waals surface area contributed by atoms with Crippen LogP contribution in [-0.2, 0) is 14.6 Å². The highest BCUT2D eigenvalue weighted by atomic mass is 32.2. The van der Waals surface area contributed by atoms with E-state index in [1.54, 1.807) is 0 Å². The molecule has 0 bridgehead atoms. The summed E-state index contributed by atoms with van der Waals surface area (Å²) in [6.07, 6.45) is 1.55. The lowest BCUT2D eigenvalue weighted by Crippen LogP contribution is -2.31. The van der Waals surface area contributed by atoms with Crippen LogP contribution in [0.4, 0.5) is 0 Å². The van der Waals surface area contributed by atoms with Crippen molar-refractivity contribution in [1.29, 1.82) is 0 Å². The maximum atomic E-state index is 12.3. The fourth-order valence-electron chi connectivity index (χ4n) is 3.70. The smallest absolute Gasteiger partial charge is 0.223 e. The molecule has 4 nitrogen and oxygen atoms in total. The summed E-state index contributed by atoms with van der Waals surface area (Å²) < 4.78 is 22.9. The summed E-state index contributed by atoms with van der Waals surface area (Å²) in [5.41, 5.74) is 1.22. The van der Waals surface area contributed by atoms with Crippen LogP contribution in [-0.4, -0.2) is 32.4 Å². The van der Waals surface area contributed by atoms with Crippen LogP contribution in [0.15, 0.2) is 42.5 Å². The average Bonchev–Trinajstić information content (AvgIpc) is 3.30. The van der Waals surface area contributed by atoms with E-state index in [4.69, 9.17) is 0 Å². The third-order valence-corrected chi connectivity index (χ3v) is 7.06. The van der Waals surface area contributed by atoms with Crippen LogP contribution < -0.4 is 5.32 Å². The number of amides is 1. The number of rotatable bonds is 4. The molecule has 2 fully saturated rings. The van der Waals surface area contributed by atoms with E-state index in [1.165, 1.54) is 16.3 Å². The number of nitrogens with one attached hydrogen (secondary N) is 1. The molecule has 1 amide bonds. The highest BCUT2D eigenvalue weighted by Crippen LogP contribution is 2.48. The van der Waals surface area contributed by atoms with Crippen LogP contribution in [0.1, 0.15) is 24.3 Å². The van der Waals surface area contributed by atoms with E-state index in [-0.39, 0.29) is 29.2 Å². The van der Waals surface area contributed by atoms with Gasteiger partial charge in [-0.1, -0.05) is 42.5 Å². The Kier molecular flexibility index (Phi) is 3.83. The topological polar surface area (TPSA) is 63.2 Å². The standard InChI is InChI=1S/C19H21NO3S/c21-19(20-11-13-7-8-24(22,23)12-13)18-10-17(18)16-6-5-14-3-1-2-4-15(14)9-16/h1-6,9,13,17-18H,7-8,10-12H2,(H,20,21)/t13-,17-,18+/m1/s1. The lowest BCUT2D eigenvalue weighted by atomic mass is 10.0. The van der Waals surface area contributed by atoms with E-state index in [0.29, 0.717) is 18.9 Å². The minimum absolute atomic E-state index is 0.0316. The van der Waals surface area contributed by atoms with Crippen molar-refractivity contribution in [3.63, 3.8) is 0 Å². The molecule has 1 N–H and O–H groups in total. The molecular formula is C19H21NO3S. The van der Waals surface area contributed by atoms with Crippen molar-refractivity contribution >= 4 is 26.5 Å². The Morgan fingerprint density at radius 1 is 1.12 bits per heavy atom. The molecule has 24 heavy (non-hydrogen) atoms. The summed E-state index contributed by atoms with van der Waals surface area (Å²) in [5, 5.41) is 5.38. The Morgan fingerprint density at radius 2 is 1.92 bits per heavy atom. The molecule has 4 rings (SSSR count). The van der Waals surface area contributed by atoms with Gasteiger partial charge in [0.2, 0.25) is 5.91 Å². The van der Waals surface area contributed by atoms with E-state index in [2.05, 4.69) is 35.6 Å². The first-order valence-electron chi connectivity index (χ1n) is 8.49. The predicted molar refractivity (Wildman–Crippen MR) is 94.6 cm³/mol. The van der Waals surface area contributed by atoms with E-state index in [9.17, 15) is 13.2 Å². The van der Waals surface area contributed by atoms with E-state index < -0.39 is 9.84 Å². The van der Waals surface area contributed by atoms with Gasteiger partial charge in [-0.25, -0.2) is 8.42 Å². The monoisotopic (exact) mass is 343 g/mol. The zero-order valence-electron chi connectivity index (χ0n) is 13.4. The summed E-state index contributed by atoms with van der Waals surface area (Å²) in [5.74, 6) is 0.947. The van der Waals surface area contributed by atoms with Crippen molar-refractivity contribution in [3.8, 4) is 0 Å². The van der Waals surface area contributed by atoms with Gasteiger partial charge in [-0.2, -0.15) is 0 Å². The third kappa shape index (κ3) is 3.18. The second kappa shape index (κ2) is 5.88. The molecule has 0 aromatic heterocycles. The SMILES string of the molecule is O=C(NC[C@H]1CCS(=O)(=O)C1)[C@H]1C[C@@H]1c1ccc2ccccc2c1. The summed E-state index contributed by atoms with van der Waals surface area (Å²) in [6, 6.07) is 14.6. The molecular weight excluding hydrogens is 322 g/mol. The van der Waals surface area contributed by atoms with Gasteiger partial charge >= 0.3 is 0 Å². The second-order valence-corrected chi connectivity index (χ2v) is 9.30. The summed E-state index contributed by atoms with van der Waals surface area (Å²) >= 11 is 0. The number of fused-ring (bicyclic) bond motifs is 1. The zero-order valence-corrected chi connectivity index (χ0v) is 14.3. The van der Waals surface area contributed by atoms with Crippen molar-refractivity contribution in [2.24, 2.45) is 11.8 Å². The van der Waals surface area contributed by atoms with Crippen LogP contribution in [0.2, 0.25) is 0 Å². The minimum Gasteiger partial charge on any atom is -0.356 e. The first kappa shape index (κ1) is 15.6. The predicted octanol–water partition coefficient (Wildman–Crippen LogP) is 2.49. The molecule has 5 heteroatoms.